The fourth-order valence-electron chi connectivity index (χ4n) is 2.60. The Balaban J connectivity index is 0.00000220. The fraction of sp³-hybridized carbons (Fsp3) is 0.588. The van der Waals surface area contributed by atoms with Crippen molar-refractivity contribution >= 4 is 29.9 Å². The maximum Gasteiger partial charge on any atom is 0.191 e. The highest BCUT2D eigenvalue weighted by atomic mass is 127. The van der Waals surface area contributed by atoms with Crippen molar-refractivity contribution < 1.29 is 0 Å². The Morgan fingerprint density at radius 1 is 1.14 bits per heavy atom. The van der Waals surface area contributed by atoms with Crippen molar-refractivity contribution in [3.05, 3.63) is 35.4 Å². The lowest BCUT2D eigenvalue weighted by atomic mass is 9.84. The smallest absolute Gasteiger partial charge is 0.191 e. The minimum atomic E-state index is 0. The number of hydrogen-bond donors (Lipinski definition) is 1. The van der Waals surface area contributed by atoms with Crippen LogP contribution < -0.4 is 5.73 Å². The Kier molecular flexibility index (Phi) is 6.97. The molecular weight excluding hydrogens is 373 g/mol. The van der Waals surface area contributed by atoms with Gasteiger partial charge < -0.3 is 10.6 Å². The molecule has 3 nitrogen and oxygen atoms in total. The van der Waals surface area contributed by atoms with Crippen LogP contribution in [0.5, 0.6) is 0 Å². The van der Waals surface area contributed by atoms with E-state index in [1.807, 2.05) is 0 Å². The lowest BCUT2D eigenvalue weighted by Gasteiger charge is -2.29. The van der Waals surface area contributed by atoms with Gasteiger partial charge in [0.15, 0.2) is 5.96 Å². The van der Waals surface area contributed by atoms with Crippen LogP contribution in [0.4, 0.5) is 0 Å². The third kappa shape index (κ3) is 5.16. The summed E-state index contributed by atoms with van der Waals surface area (Å²) in [7, 11) is 0. The van der Waals surface area contributed by atoms with Crippen LogP contribution in [0.2, 0.25) is 0 Å². The molecule has 2 N–H and O–H groups in total. The van der Waals surface area contributed by atoms with E-state index >= 15 is 0 Å². The topological polar surface area (TPSA) is 41.6 Å². The van der Waals surface area contributed by atoms with Crippen LogP contribution in [0.15, 0.2) is 29.3 Å². The van der Waals surface area contributed by atoms with E-state index in [4.69, 9.17) is 5.73 Å². The van der Waals surface area contributed by atoms with Gasteiger partial charge >= 0.3 is 0 Å². The van der Waals surface area contributed by atoms with Crippen molar-refractivity contribution in [1.82, 2.24) is 4.90 Å². The summed E-state index contributed by atoms with van der Waals surface area (Å²) in [5, 5.41) is 0. The molecule has 0 spiro atoms. The fourth-order valence-corrected chi connectivity index (χ4v) is 2.60. The van der Waals surface area contributed by atoms with Crippen LogP contribution in [0.25, 0.3) is 0 Å². The highest BCUT2D eigenvalue weighted by Crippen LogP contribution is 2.24. The van der Waals surface area contributed by atoms with Crippen LogP contribution >= 0.6 is 24.0 Å². The highest BCUT2D eigenvalue weighted by molar-refractivity contribution is 14.0. The maximum atomic E-state index is 6.13. The molecule has 2 rings (SSSR count). The molecule has 1 aromatic rings. The first-order valence-corrected chi connectivity index (χ1v) is 7.61. The molecule has 0 aromatic heterocycles. The molecule has 0 amide bonds. The van der Waals surface area contributed by atoms with E-state index in [0.717, 1.165) is 19.6 Å². The van der Waals surface area contributed by atoms with Gasteiger partial charge in [0.25, 0.3) is 0 Å². The molecule has 118 valence electrons. The molecule has 0 saturated carbocycles. The van der Waals surface area contributed by atoms with Gasteiger partial charge in [-0.3, -0.25) is 4.99 Å². The number of halogens is 1. The number of aryl methyl sites for hydroxylation is 1. The van der Waals surface area contributed by atoms with E-state index in [1.54, 1.807) is 0 Å². The molecular formula is C17H28IN3. The van der Waals surface area contributed by atoms with Gasteiger partial charge in [-0.05, 0) is 31.7 Å². The average Bonchev–Trinajstić information content (AvgIpc) is 2.46. The largest absolute Gasteiger partial charge is 0.370 e. The summed E-state index contributed by atoms with van der Waals surface area (Å²) in [5.41, 5.74) is 8.77. The monoisotopic (exact) mass is 401 g/mol. The molecule has 1 aromatic carbocycles. The summed E-state index contributed by atoms with van der Waals surface area (Å²) in [4.78, 5) is 6.86. The Hall–Kier alpha value is -0.780. The summed E-state index contributed by atoms with van der Waals surface area (Å²) in [6.45, 7) is 9.41. The number of benzene rings is 1. The molecule has 1 aliphatic heterocycles. The summed E-state index contributed by atoms with van der Waals surface area (Å²) in [6, 6.07) is 8.72. The highest BCUT2D eigenvalue weighted by Gasteiger charge is 2.21. The lowest BCUT2D eigenvalue weighted by Crippen LogP contribution is -2.41. The summed E-state index contributed by atoms with van der Waals surface area (Å²) >= 11 is 0. The second kappa shape index (κ2) is 8.01. The van der Waals surface area contributed by atoms with Gasteiger partial charge in [0, 0.05) is 18.5 Å². The van der Waals surface area contributed by atoms with Crippen molar-refractivity contribution in [2.24, 2.45) is 10.7 Å². The Morgan fingerprint density at radius 2 is 1.71 bits per heavy atom. The number of nitrogens with two attached hydrogens (primary N) is 1. The van der Waals surface area contributed by atoms with Crippen LogP contribution in [0.1, 0.15) is 44.2 Å². The van der Waals surface area contributed by atoms with Crippen LogP contribution in [-0.2, 0) is 5.41 Å². The number of rotatable bonds is 3. The molecule has 4 heteroatoms. The zero-order chi connectivity index (χ0) is 14.6. The Labute approximate surface area is 146 Å². The van der Waals surface area contributed by atoms with Gasteiger partial charge in [-0.25, -0.2) is 0 Å². The van der Waals surface area contributed by atoms with Gasteiger partial charge in [-0.2, -0.15) is 0 Å². The van der Waals surface area contributed by atoms with Crippen LogP contribution in [0.3, 0.4) is 0 Å². The molecule has 0 atom stereocenters. The standard InChI is InChI=1S/C17H27N3.HI/c1-14-7-9-15(10-8-14)17(2,3)13-19-16(18)20-11-5-4-6-12-20;/h7-10H,4-6,11-13H2,1-3H3,(H2,18,19);1H. The maximum absolute atomic E-state index is 6.13. The zero-order valence-corrected chi connectivity index (χ0v) is 15.8. The summed E-state index contributed by atoms with van der Waals surface area (Å²) < 4.78 is 0. The first-order chi connectivity index (χ1) is 9.49. The second-order valence-corrected chi connectivity index (χ2v) is 6.47. The first kappa shape index (κ1) is 18.3. The molecule has 0 radical (unpaired) electrons. The molecule has 1 heterocycles. The zero-order valence-electron chi connectivity index (χ0n) is 13.4. The van der Waals surface area contributed by atoms with Gasteiger partial charge in [-0.15, -0.1) is 24.0 Å². The van der Waals surface area contributed by atoms with E-state index in [-0.39, 0.29) is 29.4 Å². The van der Waals surface area contributed by atoms with Crippen molar-refractivity contribution in [1.29, 1.82) is 0 Å². The van der Waals surface area contributed by atoms with Crippen molar-refractivity contribution in [3.63, 3.8) is 0 Å². The second-order valence-electron chi connectivity index (χ2n) is 6.47. The third-order valence-corrected chi connectivity index (χ3v) is 4.15. The number of aliphatic imine (C=N–C) groups is 1. The minimum absolute atomic E-state index is 0. The SMILES string of the molecule is Cc1ccc(C(C)(C)CN=C(N)N2CCCCC2)cc1.I. The first-order valence-electron chi connectivity index (χ1n) is 7.61. The normalized spacial score (nSPS) is 16.5. The van der Waals surface area contributed by atoms with Gasteiger partial charge in [0.1, 0.15) is 0 Å². The summed E-state index contributed by atoms with van der Waals surface area (Å²) in [5.74, 6) is 0.713. The number of piperidine rings is 1. The van der Waals surface area contributed by atoms with E-state index in [1.165, 1.54) is 30.4 Å². The molecule has 0 bridgehead atoms. The van der Waals surface area contributed by atoms with E-state index in [0.29, 0.717) is 5.96 Å². The quantitative estimate of drug-likeness (QED) is 0.477. The minimum Gasteiger partial charge on any atom is -0.370 e. The average molecular weight is 401 g/mol. The molecule has 1 aliphatic rings. The van der Waals surface area contributed by atoms with Crippen molar-refractivity contribution in [2.45, 2.75) is 45.4 Å². The predicted octanol–water partition coefficient (Wildman–Crippen LogP) is 3.69. The van der Waals surface area contributed by atoms with E-state index in [9.17, 15) is 0 Å². The number of guanidine groups is 1. The predicted molar refractivity (Wildman–Crippen MR) is 102 cm³/mol. The van der Waals surface area contributed by atoms with Gasteiger partial charge in [0.05, 0.1) is 6.54 Å². The summed E-state index contributed by atoms with van der Waals surface area (Å²) in [6.07, 6.45) is 3.79. The molecule has 1 fully saturated rings. The Morgan fingerprint density at radius 3 is 2.29 bits per heavy atom. The number of hydrogen-bond acceptors (Lipinski definition) is 1. The molecule has 0 unspecified atom stereocenters. The lowest BCUT2D eigenvalue weighted by molar-refractivity contribution is 0.337. The third-order valence-electron chi connectivity index (χ3n) is 4.15. The molecule has 1 saturated heterocycles. The molecule has 21 heavy (non-hydrogen) atoms. The van der Waals surface area contributed by atoms with E-state index < -0.39 is 0 Å². The molecule has 0 aliphatic carbocycles. The van der Waals surface area contributed by atoms with Crippen LogP contribution in [0, 0.1) is 6.92 Å². The van der Waals surface area contributed by atoms with Crippen molar-refractivity contribution in [2.75, 3.05) is 19.6 Å². The van der Waals surface area contributed by atoms with Gasteiger partial charge in [0.2, 0.25) is 0 Å². The van der Waals surface area contributed by atoms with Crippen LogP contribution in [-0.4, -0.2) is 30.5 Å². The van der Waals surface area contributed by atoms with E-state index in [2.05, 4.69) is 54.9 Å². The number of nitrogens with zero attached hydrogens (tertiary/aromatic N) is 2. The van der Waals surface area contributed by atoms with Gasteiger partial charge in [-0.1, -0.05) is 43.7 Å². The Bertz CT molecular complexity index is 459. The van der Waals surface area contributed by atoms with Crippen molar-refractivity contribution in [3.8, 4) is 0 Å². The number of likely N-dealkylation sites (tertiary alicyclic amines) is 1.